The number of nitrogens with one attached hydrogen (secondary N) is 1. The van der Waals surface area contributed by atoms with E-state index in [2.05, 4.69) is 5.32 Å². The van der Waals surface area contributed by atoms with E-state index in [-0.39, 0.29) is 17.3 Å². The van der Waals surface area contributed by atoms with Crippen molar-refractivity contribution in [3.63, 3.8) is 0 Å². The largest absolute Gasteiger partial charge is 0.454 e. The molecule has 0 aliphatic carbocycles. The zero-order valence-electron chi connectivity index (χ0n) is 14.6. The summed E-state index contributed by atoms with van der Waals surface area (Å²) in [6.45, 7) is 1.54. The van der Waals surface area contributed by atoms with Crippen molar-refractivity contribution in [2.45, 2.75) is 17.9 Å². The van der Waals surface area contributed by atoms with Gasteiger partial charge in [-0.1, -0.05) is 6.07 Å². The molecule has 0 saturated heterocycles. The maximum Gasteiger partial charge on any atom is 0.338 e. The Hall–Kier alpha value is -3.07. The molecule has 1 aliphatic heterocycles. The van der Waals surface area contributed by atoms with Gasteiger partial charge in [-0.05, 0) is 37.3 Å². The molecule has 3 rings (SSSR count). The summed E-state index contributed by atoms with van der Waals surface area (Å²) < 4.78 is 38.7. The summed E-state index contributed by atoms with van der Waals surface area (Å²) >= 11 is 0. The highest BCUT2D eigenvalue weighted by Gasteiger charge is 2.21. The molecule has 2 aromatic rings. The third-order valence-electron chi connectivity index (χ3n) is 3.79. The second-order valence-corrected chi connectivity index (χ2v) is 7.92. The fourth-order valence-corrected chi connectivity index (χ4v) is 3.02. The molecule has 1 aliphatic rings. The van der Waals surface area contributed by atoms with Gasteiger partial charge >= 0.3 is 5.97 Å². The Morgan fingerprint density at radius 1 is 1.11 bits per heavy atom. The molecule has 0 saturated carbocycles. The Morgan fingerprint density at radius 2 is 1.85 bits per heavy atom. The van der Waals surface area contributed by atoms with Crippen molar-refractivity contribution >= 4 is 27.4 Å². The predicted octanol–water partition coefficient (Wildman–Crippen LogP) is 2.00. The molecule has 2 aromatic carbocycles. The standard InChI is InChI=1S/C18H17NO7S/c1-11(17(20)19-13-6-7-15-16(9-13)25-10-24-15)26-18(21)12-4-3-5-14(8-12)27(2,22)23/h3-9,11H,10H2,1-2H3,(H,19,20)/t11-/m1/s1. The Morgan fingerprint density at radius 3 is 2.59 bits per heavy atom. The summed E-state index contributed by atoms with van der Waals surface area (Å²) in [7, 11) is -3.46. The molecule has 9 heteroatoms. The van der Waals surface area contributed by atoms with Crippen LogP contribution in [0.4, 0.5) is 5.69 Å². The highest BCUT2D eigenvalue weighted by molar-refractivity contribution is 7.90. The van der Waals surface area contributed by atoms with Gasteiger partial charge in [0, 0.05) is 18.0 Å². The normalized spacial score (nSPS) is 13.7. The number of hydrogen-bond acceptors (Lipinski definition) is 7. The summed E-state index contributed by atoms with van der Waals surface area (Å²) in [5.41, 5.74) is 0.506. The van der Waals surface area contributed by atoms with Crippen LogP contribution in [0.1, 0.15) is 17.3 Å². The third kappa shape index (κ3) is 4.37. The average molecular weight is 391 g/mol. The van der Waals surface area contributed by atoms with Crippen LogP contribution in [-0.4, -0.2) is 39.4 Å². The van der Waals surface area contributed by atoms with Crippen molar-refractivity contribution in [2.24, 2.45) is 0 Å². The third-order valence-corrected chi connectivity index (χ3v) is 4.90. The topological polar surface area (TPSA) is 108 Å². The SMILES string of the molecule is C[C@@H](OC(=O)c1cccc(S(C)(=O)=O)c1)C(=O)Nc1ccc2c(c1)OCO2. The molecule has 1 heterocycles. The zero-order valence-corrected chi connectivity index (χ0v) is 15.4. The Bertz CT molecular complexity index is 1000. The van der Waals surface area contributed by atoms with Crippen LogP contribution < -0.4 is 14.8 Å². The molecule has 0 aromatic heterocycles. The second-order valence-electron chi connectivity index (χ2n) is 5.90. The lowest BCUT2D eigenvalue weighted by Crippen LogP contribution is -2.30. The highest BCUT2D eigenvalue weighted by Crippen LogP contribution is 2.34. The van der Waals surface area contributed by atoms with Crippen LogP contribution in [0, 0.1) is 0 Å². The van der Waals surface area contributed by atoms with E-state index in [4.69, 9.17) is 14.2 Å². The molecule has 0 fully saturated rings. The number of fused-ring (bicyclic) bond motifs is 1. The number of sulfone groups is 1. The van der Waals surface area contributed by atoms with Crippen LogP contribution in [0.5, 0.6) is 11.5 Å². The van der Waals surface area contributed by atoms with E-state index in [1.165, 1.54) is 31.2 Å². The number of rotatable bonds is 5. The molecule has 1 N–H and O–H groups in total. The zero-order chi connectivity index (χ0) is 19.6. The molecule has 1 atom stereocenters. The molecule has 0 spiro atoms. The molecular formula is C18H17NO7S. The molecule has 1 amide bonds. The second kappa shape index (κ2) is 7.28. The van der Waals surface area contributed by atoms with Crippen molar-refractivity contribution in [2.75, 3.05) is 18.4 Å². The van der Waals surface area contributed by atoms with Crippen molar-refractivity contribution < 1.29 is 32.2 Å². The number of carbonyl (C=O) groups is 2. The number of benzene rings is 2. The van der Waals surface area contributed by atoms with E-state index in [1.807, 2.05) is 0 Å². The lowest BCUT2D eigenvalue weighted by atomic mass is 10.2. The number of carbonyl (C=O) groups excluding carboxylic acids is 2. The fraction of sp³-hybridized carbons (Fsp3) is 0.222. The van der Waals surface area contributed by atoms with Gasteiger partial charge in [-0.25, -0.2) is 13.2 Å². The lowest BCUT2D eigenvalue weighted by molar-refractivity contribution is -0.123. The summed E-state index contributed by atoms with van der Waals surface area (Å²) in [5, 5.41) is 2.62. The number of ether oxygens (including phenoxy) is 3. The van der Waals surface area contributed by atoms with Crippen LogP contribution >= 0.6 is 0 Å². The van der Waals surface area contributed by atoms with Gasteiger partial charge in [0.15, 0.2) is 27.4 Å². The van der Waals surface area contributed by atoms with E-state index in [0.29, 0.717) is 17.2 Å². The number of amides is 1. The van der Waals surface area contributed by atoms with Crippen molar-refractivity contribution in [3.8, 4) is 11.5 Å². The van der Waals surface area contributed by atoms with E-state index < -0.39 is 27.8 Å². The minimum absolute atomic E-state index is 0.00517. The monoisotopic (exact) mass is 391 g/mol. The summed E-state index contributed by atoms with van der Waals surface area (Å²) in [6, 6.07) is 10.3. The van der Waals surface area contributed by atoms with Crippen molar-refractivity contribution in [1.29, 1.82) is 0 Å². The van der Waals surface area contributed by atoms with Gasteiger partial charge in [0.1, 0.15) is 0 Å². The first-order chi connectivity index (χ1) is 12.7. The molecule has 27 heavy (non-hydrogen) atoms. The van der Waals surface area contributed by atoms with Crippen LogP contribution in [0.25, 0.3) is 0 Å². The fourth-order valence-electron chi connectivity index (χ4n) is 2.35. The van der Waals surface area contributed by atoms with Gasteiger partial charge in [0.2, 0.25) is 6.79 Å². The average Bonchev–Trinajstić information content (AvgIpc) is 3.08. The molecule has 8 nitrogen and oxygen atoms in total. The first kappa shape index (κ1) is 18.7. The number of hydrogen-bond donors (Lipinski definition) is 1. The minimum Gasteiger partial charge on any atom is -0.454 e. The van der Waals surface area contributed by atoms with Gasteiger partial charge in [0.25, 0.3) is 5.91 Å². The molecule has 0 bridgehead atoms. The summed E-state index contributed by atoms with van der Waals surface area (Å²) in [6.07, 6.45) is -0.0522. The van der Waals surface area contributed by atoms with E-state index in [9.17, 15) is 18.0 Å². The quantitative estimate of drug-likeness (QED) is 0.777. The van der Waals surface area contributed by atoms with E-state index >= 15 is 0 Å². The molecule has 142 valence electrons. The minimum atomic E-state index is -3.46. The Kier molecular flexibility index (Phi) is 5.04. The van der Waals surface area contributed by atoms with Crippen LogP contribution in [-0.2, 0) is 19.4 Å². The Balaban J connectivity index is 1.65. The predicted molar refractivity (Wildman–Crippen MR) is 95.6 cm³/mol. The molecular weight excluding hydrogens is 374 g/mol. The van der Waals surface area contributed by atoms with Crippen molar-refractivity contribution in [1.82, 2.24) is 0 Å². The van der Waals surface area contributed by atoms with Gasteiger partial charge in [-0.2, -0.15) is 0 Å². The van der Waals surface area contributed by atoms with Gasteiger partial charge in [-0.15, -0.1) is 0 Å². The lowest BCUT2D eigenvalue weighted by Gasteiger charge is -2.14. The maximum atomic E-state index is 12.2. The van der Waals surface area contributed by atoms with Crippen LogP contribution in [0.3, 0.4) is 0 Å². The molecule has 0 radical (unpaired) electrons. The smallest absolute Gasteiger partial charge is 0.338 e. The Labute approximate surface area is 156 Å². The van der Waals surface area contributed by atoms with Gasteiger partial charge in [-0.3, -0.25) is 4.79 Å². The van der Waals surface area contributed by atoms with E-state index in [1.54, 1.807) is 18.2 Å². The number of anilines is 1. The van der Waals surface area contributed by atoms with Crippen molar-refractivity contribution in [3.05, 3.63) is 48.0 Å². The first-order valence-corrected chi connectivity index (χ1v) is 9.85. The van der Waals surface area contributed by atoms with Crippen LogP contribution in [0.15, 0.2) is 47.4 Å². The maximum absolute atomic E-state index is 12.2. The summed E-state index contributed by atoms with van der Waals surface area (Å²) in [5.74, 6) is -0.247. The van der Waals surface area contributed by atoms with E-state index in [0.717, 1.165) is 6.26 Å². The summed E-state index contributed by atoms with van der Waals surface area (Å²) in [4.78, 5) is 24.5. The van der Waals surface area contributed by atoms with Gasteiger partial charge < -0.3 is 19.5 Å². The highest BCUT2D eigenvalue weighted by atomic mass is 32.2. The number of esters is 1. The van der Waals surface area contributed by atoms with Gasteiger partial charge in [0.05, 0.1) is 10.5 Å². The first-order valence-electron chi connectivity index (χ1n) is 7.95. The molecule has 0 unspecified atom stereocenters. The van der Waals surface area contributed by atoms with Crippen LogP contribution in [0.2, 0.25) is 0 Å².